The molecular formula is C13H20ClFN2. The van der Waals surface area contributed by atoms with E-state index < -0.39 is 0 Å². The molecule has 96 valence electrons. The second-order valence-electron chi connectivity index (χ2n) is 4.47. The highest BCUT2D eigenvalue weighted by Gasteiger charge is 2.10. The van der Waals surface area contributed by atoms with E-state index in [4.69, 9.17) is 11.6 Å². The minimum Gasteiger partial charge on any atom is -0.313 e. The molecule has 0 spiro atoms. The normalized spacial score (nSPS) is 13.1. The van der Waals surface area contributed by atoms with Crippen molar-refractivity contribution in [1.82, 2.24) is 10.2 Å². The molecule has 0 bridgehead atoms. The number of rotatable bonds is 6. The highest BCUT2D eigenvalue weighted by atomic mass is 35.5. The lowest BCUT2D eigenvalue weighted by molar-refractivity contribution is 0.339. The molecule has 0 aliphatic carbocycles. The molecule has 0 saturated carbocycles. The van der Waals surface area contributed by atoms with Gasteiger partial charge < -0.3 is 10.2 Å². The summed E-state index contributed by atoms with van der Waals surface area (Å²) in [6.07, 6.45) is 0.806. The Bertz CT molecular complexity index is 355. The number of nitrogens with zero attached hydrogens (tertiary/aromatic N) is 1. The van der Waals surface area contributed by atoms with E-state index in [1.807, 2.05) is 20.2 Å². The molecule has 1 aromatic carbocycles. The molecular weight excluding hydrogens is 239 g/mol. The number of benzene rings is 1. The molecule has 0 aromatic heterocycles. The number of nitrogens with one attached hydrogen (secondary N) is 1. The second-order valence-corrected chi connectivity index (χ2v) is 4.88. The van der Waals surface area contributed by atoms with Crippen molar-refractivity contribution >= 4 is 11.6 Å². The van der Waals surface area contributed by atoms with Gasteiger partial charge in [-0.1, -0.05) is 24.6 Å². The predicted octanol–water partition coefficient (Wildman–Crippen LogP) is 2.56. The fraction of sp³-hybridized carbons (Fsp3) is 0.538. The smallest absolute Gasteiger partial charge is 0.142 e. The Morgan fingerprint density at radius 1 is 1.41 bits per heavy atom. The Kier molecular flexibility index (Phi) is 5.89. The van der Waals surface area contributed by atoms with Crippen molar-refractivity contribution in [2.24, 2.45) is 0 Å². The summed E-state index contributed by atoms with van der Waals surface area (Å²) in [6.45, 7) is 3.91. The third-order valence-electron chi connectivity index (χ3n) is 2.54. The van der Waals surface area contributed by atoms with E-state index in [-0.39, 0.29) is 10.8 Å². The van der Waals surface area contributed by atoms with E-state index in [1.54, 1.807) is 6.07 Å². The van der Waals surface area contributed by atoms with Gasteiger partial charge in [-0.25, -0.2) is 4.39 Å². The Labute approximate surface area is 108 Å². The van der Waals surface area contributed by atoms with E-state index in [2.05, 4.69) is 17.1 Å². The Hall–Kier alpha value is -0.640. The molecule has 1 N–H and O–H groups in total. The third kappa shape index (κ3) is 5.02. The minimum atomic E-state index is -0.343. The molecule has 0 radical (unpaired) electrons. The van der Waals surface area contributed by atoms with Crippen molar-refractivity contribution in [2.45, 2.75) is 19.4 Å². The monoisotopic (exact) mass is 258 g/mol. The van der Waals surface area contributed by atoms with E-state index in [1.165, 1.54) is 6.07 Å². The van der Waals surface area contributed by atoms with Gasteiger partial charge in [0.2, 0.25) is 0 Å². The number of halogens is 2. The summed E-state index contributed by atoms with van der Waals surface area (Å²) in [7, 11) is 4.07. The first-order valence-corrected chi connectivity index (χ1v) is 6.22. The van der Waals surface area contributed by atoms with Gasteiger partial charge in [0.1, 0.15) is 5.82 Å². The van der Waals surface area contributed by atoms with Crippen molar-refractivity contribution in [2.75, 3.05) is 27.2 Å². The molecule has 1 rings (SSSR count). The molecule has 4 heteroatoms. The molecule has 0 heterocycles. The molecule has 0 aliphatic rings. The van der Waals surface area contributed by atoms with Crippen molar-refractivity contribution in [3.8, 4) is 0 Å². The molecule has 0 aliphatic heterocycles. The van der Waals surface area contributed by atoms with Crippen LogP contribution < -0.4 is 5.32 Å². The molecule has 0 amide bonds. The molecule has 2 nitrogen and oxygen atoms in total. The van der Waals surface area contributed by atoms with E-state index >= 15 is 0 Å². The second kappa shape index (κ2) is 6.94. The maximum Gasteiger partial charge on any atom is 0.142 e. The van der Waals surface area contributed by atoms with Gasteiger partial charge in [0.15, 0.2) is 0 Å². The highest BCUT2D eigenvalue weighted by Crippen LogP contribution is 2.16. The van der Waals surface area contributed by atoms with Crippen molar-refractivity contribution in [3.05, 3.63) is 34.6 Å². The average molecular weight is 259 g/mol. The van der Waals surface area contributed by atoms with E-state index in [0.29, 0.717) is 6.04 Å². The first-order valence-electron chi connectivity index (χ1n) is 5.85. The summed E-state index contributed by atoms with van der Waals surface area (Å²) >= 11 is 5.66. The SMILES string of the molecule is CCNC(Cc1ccc(Cl)c(F)c1)CN(C)C. The summed E-state index contributed by atoms with van der Waals surface area (Å²) < 4.78 is 13.3. The van der Waals surface area contributed by atoms with Crippen LogP contribution >= 0.6 is 11.6 Å². The fourth-order valence-electron chi connectivity index (χ4n) is 1.88. The molecule has 1 aromatic rings. The number of hydrogen-bond acceptors (Lipinski definition) is 2. The Morgan fingerprint density at radius 2 is 2.12 bits per heavy atom. The Balaban J connectivity index is 2.67. The average Bonchev–Trinajstić information content (AvgIpc) is 2.23. The first-order chi connectivity index (χ1) is 8.02. The predicted molar refractivity (Wildman–Crippen MR) is 71.1 cm³/mol. The number of hydrogen-bond donors (Lipinski definition) is 1. The zero-order chi connectivity index (χ0) is 12.8. The van der Waals surface area contributed by atoms with Crippen LogP contribution in [0.2, 0.25) is 5.02 Å². The topological polar surface area (TPSA) is 15.3 Å². The zero-order valence-corrected chi connectivity index (χ0v) is 11.4. The van der Waals surface area contributed by atoms with Crippen molar-refractivity contribution in [3.63, 3.8) is 0 Å². The molecule has 1 unspecified atom stereocenters. The largest absolute Gasteiger partial charge is 0.313 e. The van der Waals surface area contributed by atoms with Gasteiger partial charge in [0.05, 0.1) is 5.02 Å². The van der Waals surface area contributed by atoms with Gasteiger partial charge in [-0.2, -0.15) is 0 Å². The van der Waals surface area contributed by atoms with Crippen LogP contribution in [0.3, 0.4) is 0 Å². The zero-order valence-electron chi connectivity index (χ0n) is 10.6. The molecule has 0 saturated heterocycles. The van der Waals surface area contributed by atoms with Crippen LogP contribution in [-0.4, -0.2) is 38.1 Å². The van der Waals surface area contributed by atoms with Gasteiger partial charge in [0.25, 0.3) is 0 Å². The molecule has 17 heavy (non-hydrogen) atoms. The van der Waals surface area contributed by atoms with Gasteiger partial charge in [0, 0.05) is 12.6 Å². The van der Waals surface area contributed by atoms with Gasteiger partial charge in [-0.15, -0.1) is 0 Å². The summed E-state index contributed by atoms with van der Waals surface area (Å²) in [5.74, 6) is -0.343. The molecule has 0 fully saturated rings. The van der Waals surface area contributed by atoms with Crippen LogP contribution in [0.15, 0.2) is 18.2 Å². The quantitative estimate of drug-likeness (QED) is 0.844. The van der Waals surface area contributed by atoms with Crippen LogP contribution in [0.25, 0.3) is 0 Å². The number of likely N-dealkylation sites (N-methyl/N-ethyl adjacent to an activating group) is 2. The molecule has 1 atom stereocenters. The van der Waals surface area contributed by atoms with E-state index in [0.717, 1.165) is 25.1 Å². The van der Waals surface area contributed by atoms with Gasteiger partial charge in [-0.05, 0) is 44.8 Å². The van der Waals surface area contributed by atoms with Gasteiger partial charge >= 0.3 is 0 Å². The van der Waals surface area contributed by atoms with Crippen molar-refractivity contribution < 1.29 is 4.39 Å². The summed E-state index contributed by atoms with van der Waals surface area (Å²) in [6, 6.07) is 5.34. The first kappa shape index (κ1) is 14.4. The lowest BCUT2D eigenvalue weighted by Gasteiger charge is -2.22. The summed E-state index contributed by atoms with van der Waals surface area (Å²) in [5, 5.41) is 3.58. The van der Waals surface area contributed by atoms with E-state index in [9.17, 15) is 4.39 Å². The lowest BCUT2D eigenvalue weighted by atomic mass is 10.1. The van der Waals surface area contributed by atoms with Crippen molar-refractivity contribution in [1.29, 1.82) is 0 Å². The van der Waals surface area contributed by atoms with Crippen LogP contribution in [0.5, 0.6) is 0 Å². The van der Waals surface area contributed by atoms with Crippen LogP contribution in [0, 0.1) is 5.82 Å². The highest BCUT2D eigenvalue weighted by molar-refractivity contribution is 6.30. The lowest BCUT2D eigenvalue weighted by Crippen LogP contribution is -2.39. The third-order valence-corrected chi connectivity index (χ3v) is 2.85. The standard InChI is InChI=1S/C13H20ClFN2/c1-4-16-11(9-17(2)3)7-10-5-6-12(14)13(15)8-10/h5-6,8,11,16H,4,7,9H2,1-3H3. The van der Waals surface area contributed by atoms with Crippen LogP contribution in [-0.2, 0) is 6.42 Å². The Morgan fingerprint density at radius 3 is 2.65 bits per heavy atom. The van der Waals surface area contributed by atoms with Crippen LogP contribution in [0.1, 0.15) is 12.5 Å². The summed E-state index contributed by atoms with van der Waals surface area (Å²) in [4.78, 5) is 2.12. The maximum atomic E-state index is 13.3. The maximum absolute atomic E-state index is 13.3. The summed E-state index contributed by atoms with van der Waals surface area (Å²) in [5.41, 5.74) is 0.972. The van der Waals surface area contributed by atoms with Gasteiger partial charge in [-0.3, -0.25) is 0 Å². The minimum absolute atomic E-state index is 0.182. The van der Waals surface area contributed by atoms with Crippen LogP contribution in [0.4, 0.5) is 4.39 Å². The fourth-order valence-corrected chi connectivity index (χ4v) is 2.00.